The summed E-state index contributed by atoms with van der Waals surface area (Å²) in [5, 5.41) is 13.4. The summed E-state index contributed by atoms with van der Waals surface area (Å²) < 4.78 is 37.9. The van der Waals surface area contributed by atoms with E-state index in [1.807, 2.05) is 29.6 Å². The summed E-state index contributed by atoms with van der Waals surface area (Å²) in [6.45, 7) is 0.584. The Morgan fingerprint density at radius 3 is 2.52 bits per heavy atom. The van der Waals surface area contributed by atoms with Gasteiger partial charge in [0.1, 0.15) is 22.7 Å². The van der Waals surface area contributed by atoms with Gasteiger partial charge in [-0.25, -0.2) is 14.8 Å². The van der Waals surface area contributed by atoms with Gasteiger partial charge in [0.15, 0.2) is 0 Å². The number of hydrogen-bond acceptors (Lipinski definition) is 7. The molecule has 29 heavy (non-hydrogen) atoms. The minimum absolute atomic E-state index is 0.131. The van der Waals surface area contributed by atoms with Crippen LogP contribution in [0.5, 0.6) is 5.75 Å². The fourth-order valence-corrected chi connectivity index (χ4v) is 3.70. The smallest absolute Gasteiger partial charge is 0.490 e. The molecule has 0 saturated heterocycles. The molecule has 1 unspecified atom stereocenters. The number of thiophene rings is 1. The molecule has 0 bridgehead atoms. The first kappa shape index (κ1) is 22.8. The van der Waals surface area contributed by atoms with Crippen LogP contribution in [0.4, 0.5) is 19.0 Å². The summed E-state index contributed by atoms with van der Waals surface area (Å²) in [5.41, 5.74) is 7.28. The standard InChI is InChI=1S/C15H15BrN4OS.C2HF3O2/c1-21-10-4-2-9(3-5-10)12(17)6-18-14-13-11(16)7-22-15(13)20-8-19-14;3-2(4,5)1(6)7/h2-5,7-8,12H,6,17H2,1H3,(H,18,19,20);(H,6,7). The molecule has 0 amide bonds. The molecule has 3 rings (SSSR count). The van der Waals surface area contributed by atoms with Crippen molar-refractivity contribution in [3.05, 3.63) is 46.0 Å². The number of rotatable bonds is 5. The second-order valence-corrected chi connectivity index (χ2v) is 7.26. The lowest BCUT2D eigenvalue weighted by molar-refractivity contribution is -0.192. The van der Waals surface area contributed by atoms with Crippen molar-refractivity contribution in [1.82, 2.24) is 9.97 Å². The summed E-state index contributed by atoms with van der Waals surface area (Å²) in [7, 11) is 1.65. The summed E-state index contributed by atoms with van der Waals surface area (Å²) in [6.07, 6.45) is -3.52. The number of halogens is 4. The van der Waals surface area contributed by atoms with Crippen molar-refractivity contribution < 1.29 is 27.8 Å². The van der Waals surface area contributed by atoms with Crippen LogP contribution in [0.25, 0.3) is 10.2 Å². The fraction of sp³-hybridized carbons (Fsp3) is 0.235. The average molecular weight is 493 g/mol. The van der Waals surface area contributed by atoms with E-state index in [4.69, 9.17) is 20.4 Å². The minimum Gasteiger partial charge on any atom is -0.497 e. The molecule has 0 saturated carbocycles. The van der Waals surface area contributed by atoms with Gasteiger partial charge >= 0.3 is 12.1 Å². The van der Waals surface area contributed by atoms with Gasteiger partial charge < -0.3 is 20.9 Å². The van der Waals surface area contributed by atoms with Gasteiger partial charge in [0, 0.05) is 22.4 Å². The van der Waals surface area contributed by atoms with E-state index in [-0.39, 0.29) is 6.04 Å². The number of alkyl halides is 3. The summed E-state index contributed by atoms with van der Waals surface area (Å²) in [6, 6.07) is 7.64. The zero-order valence-electron chi connectivity index (χ0n) is 14.9. The minimum atomic E-state index is -5.08. The number of nitrogens with two attached hydrogens (primary N) is 1. The predicted molar refractivity (Wildman–Crippen MR) is 107 cm³/mol. The van der Waals surface area contributed by atoms with Gasteiger partial charge in [0.2, 0.25) is 0 Å². The number of aliphatic carboxylic acids is 1. The monoisotopic (exact) mass is 492 g/mol. The summed E-state index contributed by atoms with van der Waals surface area (Å²) in [5.74, 6) is -1.14. The molecule has 156 valence electrons. The van der Waals surface area contributed by atoms with E-state index in [2.05, 4.69) is 31.2 Å². The molecule has 7 nitrogen and oxygen atoms in total. The first-order valence-electron chi connectivity index (χ1n) is 7.94. The van der Waals surface area contributed by atoms with Gasteiger partial charge in [-0.3, -0.25) is 0 Å². The molecular formula is C17H16BrF3N4O3S. The van der Waals surface area contributed by atoms with E-state index < -0.39 is 12.1 Å². The Morgan fingerprint density at radius 1 is 1.34 bits per heavy atom. The van der Waals surface area contributed by atoms with Crippen LogP contribution in [0.1, 0.15) is 11.6 Å². The number of aromatic nitrogens is 2. The molecule has 1 aromatic carbocycles. The molecule has 2 aromatic heterocycles. The highest BCUT2D eigenvalue weighted by Gasteiger charge is 2.38. The zero-order chi connectivity index (χ0) is 21.6. The van der Waals surface area contributed by atoms with Crippen LogP contribution in [0.3, 0.4) is 0 Å². The number of carbonyl (C=O) groups is 1. The number of nitrogens with one attached hydrogen (secondary N) is 1. The Kier molecular flexibility index (Phi) is 7.76. The molecule has 3 aromatic rings. The van der Waals surface area contributed by atoms with Gasteiger partial charge in [-0.15, -0.1) is 11.3 Å². The molecule has 0 aliphatic rings. The van der Waals surface area contributed by atoms with Crippen molar-refractivity contribution in [2.75, 3.05) is 19.0 Å². The van der Waals surface area contributed by atoms with Gasteiger partial charge in [0.05, 0.1) is 12.5 Å². The lowest BCUT2D eigenvalue weighted by atomic mass is 10.1. The maximum atomic E-state index is 10.6. The Bertz CT molecular complexity index is 967. The Hall–Kier alpha value is -2.44. The lowest BCUT2D eigenvalue weighted by Gasteiger charge is -2.14. The number of carboxylic acids is 1. The molecule has 0 spiro atoms. The van der Waals surface area contributed by atoms with Crippen molar-refractivity contribution in [1.29, 1.82) is 0 Å². The van der Waals surface area contributed by atoms with E-state index >= 15 is 0 Å². The molecule has 1 atom stereocenters. The van der Waals surface area contributed by atoms with Crippen LogP contribution in [0.15, 0.2) is 40.4 Å². The first-order chi connectivity index (χ1) is 13.6. The number of carboxylic acid groups (broad SMARTS) is 1. The van der Waals surface area contributed by atoms with E-state index in [1.165, 1.54) is 0 Å². The average Bonchev–Trinajstić information content (AvgIpc) is 3.07. The van der Waals surface area contributed by atoms with Crippen molar-refractivity contribution >= 4 is 49.3 Å². The molecule has 0 radical (unpaired) electrons. The first-order valence-corrected chi connectivity index (χ1v) is 9.62. The second kappa shape index (κ2) is 9.85. The van der Waals surface area contributed by atoms with Crippen molar-refractivity contribution in [3.8, 4) is 5.75 Å². The summed E-state index contributed by atoms with van der Waals surface area (Å²) in [4.78, 5) is 18.4. The van der Waals surface area contributed by atoms with E-state index in [1.54, 1.807) is 24.8 Å². The number of benzene rings is 1. The molecule has 0 aliphatic heterocycles. The third-order valence-corrected chi connectivity index (χ3v) is 5.42. The number of fused-ring (bicyclic) bond motifs is 1. The van der Waals surface area contributed by atoms with Crippen LogP contribution < -0.4 is 15.8 Å². The third-order valence-electron chi connectivity index (χ3n) is 3.60. The van der Waals surface area contributed by atoms with Gasteiger partial charge in [-0.05, 0) is 33.6 Å². The van der Waals surface area contributed by atoms with Crippen LogP contribution in [0, 0.1) is 0 Å². The number of anilines is 1. The highest BCUT2D eigenvalue weighted by Crippen LogP contribution is 2.33. The molecule has 4 N–H and O–H groups in total. The van der Waals surface area contributed by atoms with E-state index in [0.717, 1.165) is 31.8 Å². The molecular weight excluding hydrogens is 477 g/mol. The number of methoxy groups -OCH3 is 1. The van der Waals surface area contributed by atoms with Crippen LogP contribution in [-0.4, -0.2) is 40.9 Å². The maximum Gasteiger partial charge on any atom is 0.490 e. The Labute approximate surface area is 175 Å². The number of nitrogens with zero attached hydrogens (tertiary/aromatic N) is 2. The fourth-order valence-electron chi connectivity index (χ4n) is 2.15. The Morgan fingerprint density at radius 2 is 1.97 bits per heavy atom. The maximum absolute atomic E-state index is 10.6. The summed E-state index contributed by atoms with van der Waals surface area (Å²) >= 11 is 5.11. The third kappa shape index (κ3) is 6.27. The predicted octanol–water partition coefficient (Wildman–Crippen LogP) is 4.21. The lowest BCUT2D eigenvalue weighted by Crippen LogP contribution is -2.21. The highest BCUT2D eigenvalue weighted by molar-refractivity contribution is 9.10. The second-order valence-electron chi connectivity index (χ2n) is 5.55. The quantitative estimate of drug-likeness (QED) is 0.489. The van der Waals surface area contributed by atoms with Gasteiger partial charge in [0.25, 0.3) is 0 Å². The van der Waals surface area contributed by atoms with E-state index in [9.17, 15) is 13.2 Å². The van der Waals surface area contributed by atoms with Crippen LogP contribution >= 0.6 is 27.3 Å². The topological polar surface area (TPSA) is 110 Å². The number of ether oxygens (including phenoxy) is 1. The normalized spacial score (nSPS) is 12.1. The van der Waals surface area contributed by atoms with Crippen LogP contribution in [-0.2, 0) is 4.79 Å². The molecule has 0 fully saturated rings. The Balaban J connectivity index is 0.000000370. The molecule has 0 aliphatic carbocycles. The van der Waals surface area contributed by atoms with E-state index in [0.29, 0.717) is 6.54 Å². The number of hydrogen-bond donors (Lipinski definition) is 3. The highest BCUT2D eigenvalue weighted by atomic mass is 79.9. The molecule has 12 heteroatoms. The van der Waals surface area contributed by atoms with Crippen LogP contribution in [0.2, 0.25) is 0 Å². The van der Waals surface area contributed by atoms with Crippen molar-refractivity contribution in [2.45, 2.75) is 12.2 Å². The largest absolute Gasteiger partial charge is 0.497 e. The molecule has 2 heterocycles. The van der Waals surface area contributed by atoms with Crippen molar-refractivity contribution in [2.24, 2.45) is 5.73 Å². The van der Waals surface area contributed by atoms with Gasteiger partial charge in [-0.1, -0.05) is 12.1 Å². The van der Waals surface area contributed by atoms with Gasteiger partial charge in [-0.2, -0.15) is 13.2 Å². The zero-order valence-corrected chi connectivity index (χ0v) is 17.3. The SMILES string of the molecule is COc1ccc(C(N)CNc2ncnc3scc(Br)c23)cc1.O=C(O)C(F)(F)F. The van der Waals surface area contributed by atoms with Crippen molar-refractivity contribution in [3.63, 3.8) is 0 Å².